The fourth-order valence-electron chi connectivity index (χ4n) is 4.01. The van der Waals surface area contributed by atoms with Gasteiger partial charge in [-0.05, 0) is 32.0 Å². The molecule has 3 N–H and O–H groups in total. The summed E-state index contributed by atoms with van der Waals surface area (Å²) >= 11 is 0. The van der Waals surface area contributed by atoms with E-state index in [0.29, 0.717) is 0 Å². The number of carboxylic acids is 2. The zero-order valence-electron chi connectivity index (χ0n) is 17.6. The number of aliphatic hydroxyl groups excluding tert-OH is 1. The van der Waals surface area contributed by atoms with E-state index in [9.17, 15) is 0 Å². The number of para-hydroxylation sites is 1. The predicted octanol–water partition coefficient (Wildman–Crippen LogP) is 0.425. The lowest BCUT2D eigenvalue weighted by Crippen LogP contribution is -2.53. The third-order valence-corrected chi connectivity index (χ3v) is 5.67. The Bertz CT molecular complexity index is 658. The van der Waals surface area contributed by atoms with Gasteiger partial charge in [0.2, 0.25) is 0 Å². The second kappa shape index (κ2) is 12.5. The number of nitrogens with zero attached hydrogens (tertiary/aromatic N) is 3. The van der Waals surface area contributed by atoms with Gasteiger partial charge in [0, 0.05) is 50.9 Å². The molecule has 0 aliphatic carbocycles. The van der Waals surface area contributed by atoms with Crippen molar-refractivity contribution >= 4 is 11.9 Å². The second-order valence-corrected chi connectivity index (χ2v) is 7.53. The van der Waals surface area contributed by atoms with Crippen molar-refractivity contribution < 1.29 is 29.6 Å². The number of benzene rings is 1. The molecule has 0 radical (unpaired) electrons. The molecule has 0 saturated carbocycles. The molecule has 0 atom stereocenters. The summed E-state index contributed by atoms with van der Waals surface area (Å²) in [5.74, 6) is -2.65. The summed E-state index contributed by atoms with van der Waals surface area (Å²) in [6.07, 6.45) is 2.52. The largest absolute Gasteiger partial charge is 0.496 e. The zero-order chi connectivity index (χ0) is 21.9. The Morgan fingerprint density at radius 1 is 0.967 bits per heavy atom. The van der Waals surface area contributed by atoms with Crippen LogP contribution < -0.4 is 4.74 Å². The molecule has 0 spiro atoms. The van der Waals surface area contributed by atoms with Crippen LogP contribution in [-0.4, -0.2) is 108 Å². The van der Waals surface area contributed by atoms with Gasteiger partial charge < -0.3 is 20.1 Å². The summed E-state index contributed by atoms with van der Waals surface area (Å²) in [5.41, 5.74) is 1.29. The Morgan fingerprint density at radius 3 is 2.10 bits per heavy atom. The van der Waals surface area contributed by atoms with Crippen molar-refractivity contribution in [2.75, 3.05) is 59.5 Å². The van der Waals surface area contributed by atoms with Crippen molar-refractivity contribution in [2.45, 2.75) is 25.4 Å². The zero-order valence-corrected chi connectivity index (χ0v) is 17.6. The van der Waals surface area contributed by atoms with E-state index in [1.165, 1.54) is 31.5 Å². The summed E-state index contributed by atoms with van der Waals surface area (Å²) in [6, 6.07) is 9.08. The molecule has 1 aromatic carbocycles. The number of aliphatic hydroxyl groups is 1. The van der Waals surface area contributed by atoms with Gasteiger partial charge in [-0.25, -0.2) is 9.59 Å². The van der Waals surface area contributed by atoms with E-state index in [0.717, 1.165) is 51.1 Å². The molecule has 168 valence electrons. The van der Waals surface area contributed by atoms with Gasteiger partial charge in [-0.3, -0.25) is 14.7 Å². The Kier molecular flexibility index (Phi) is 10.0. The topological polar surface area (TPSA) is 114 Å². The normalized spacial score (nSPS) is 19.0. The summed E-state index contributed by atoms with van der Waals surface area (Å²) in [4.78, 5) is 25.8. The number of hydrogen-bond acceptors (Lipinski definition) is 7. The number of hydrogen-bond donors (Lipinski definition) is 3. The summed E-state index contributed by atoms with van der Waals surface area (Å²) in [5, 5.41) is 23.8. The molecule has 9 nitrogen and oxygen atoms in total. The van der Waals surface area contributed by atoms with Gasteiger partial charge in [-0.1, -0.05) is 18.2 Å². The number of rotatable bonds is 6. The van der Waals surface area contributed by atoms with E-state index >= 15 is 0 Å². The molecule has 2 saturated heterocycles. The first-order chi connectivity index (χ1) is 14.4. The Labute approximate surface area is 177 Å². The second-order valence-electron chi connectivity index (χ2n) is 7.53. The maximum absolute atomic E-state index is 9.10. The molecule has 2 aliphatic heterocycles. The van der Waals surface area contributed by atoms with Crippen LogP contribution in [0.15, 0.2) is 24.3 Å². The molecular formula is C21H33N3O6. The van der Waals surface area contributed by atoms with Crippen molar-refractivity contribution in [1.29, 1.82) is 0 Å². The fraction of sp³-hybridized carbons (Fsp3) is 0.619. The lowest BCUT2D eigenvalue weighted by molar-refractivity contribution is -0.159. The quantitative estimate of drug-likeness (QED) is 0.560. The molecule has 1 aromatic rings. The monoisotopic (exact) mass is 423 g/mol. The molecule has 0 aromatic heterocycles. The Hall–Kier alpha value is -2.20. The number of piperazine rings is 1. The van der Waals surface area contributed by atoms with Gasteiger partial charge in [0.25, 0.3) is 0 Å². The van der Waals surface area contributed by atoms with E-state index in [-0.39, 0.29) is 6.61 Å². The van der Waals surface area contributed by atoms with E-state index in [4.69, 9.17) is 29.6 Å². The van der Waals surface area contributed by atoms with Crippen LogP contribution in [0, 0.1) is 0 Å². The number of likely N-dealkylation sites (tertiary alicyclic amines) is 1. The number of β-amino-alcohol motifs (C(OH)–C–C–N with tert-alkyl or cyclic N) is 1. The molecule has 0 bridgehead atoms. The minimum absolute atomic E-state index is 0.279. The first-order valence-corrected chi connectivity index (χ1v) is 10.3. The summed E-state index contributed by atoms with van der Waals surface area (Å²) in [7, 11) is 1.75. The summed E-state index contributed by atoms with van der Waals surface area (Å²) < 4.78 is 5.48. The highest BCUT2D eigenvalue weighted by Crippen LogP contribution is 2.23. The third-order valence-electron chi connectivity index (χ3n) is 5.67. The van der Waals surface area contributed by atoms with Gasteiger partial charge >= 0.3 is 11.9 Å². The molecule has 0 amide bonds. The van der Waals surface area contributed by atoms with E-state index < -0.39 is 11.9 Å². The van der Waals surface area contributed by atoms with Crippen LogP contribution in [0.5, 0.6) is 5.75 Å². The average molecular weight is 424 g/mol. The van der Waals surface area contributed by atoms with Crippen LogP contribution in [0.25, 0.3) is 0 Å². The number of carboxylic acid groups (broad SMARTS) is 2. The van der Waals surface area contributed by atoms with Crippen LogP contribution in [0.3, 0.4) is 0 Å². The SMILES string of the molecule is COc1ccccc1CN1CCC(N2CCN(CCO)CC2)CC1.O=C(O)C(=O)O. The Morgan fingerprint density at radius 2 is 1.57 bits per heavy atom. The molecule has 2 heterocycles. The van der Waals surface area contributed by atoms with Crippen LogP contribution in [0.2, 0.25) is 0 Å². The van der Waals surface area contributed by atoms with E-state index in [1.807, 2.05) is 12.1 Å². The van der Waals surface area contributed by atoms with Crippen LogP contribution in [0.1, 0.15) is 18.4 Å². The molecule has 2 aliphatic rings. The molecule has 30 heavy (non-hydrogen) atoms. The third kappa shape index (κ3) is 7.56. The van der Waals surface area contributed by atoms with Crippen molar-refractivity contribution in [1.82, 2.24) is 14.7 Å². The van der Waals surface area contributed by atoms with Crippen molar-refractivity contribution in [3.05, 3.63) is 29.8 Å². The number of methoxy groups -OCH3 is 1. The number of aliphatic carboxylic acids is 2. The first-order valence-electron chi connectivity index (χ1n) is 10.3. The van der Waals surface area contributed by atoms with Gasteiger partial charge in [-0.15, -0.1) is 0 Å². The lowest BCUT2D eigenvalue weighted by atomic mass is 10.0. The fourth-order valence-corrected chi connectivity index (χ4v) is 4.01. The lowest BCUT2D eigenvalue weighted by Gasteiger charge is -2.42. The highest BCUT2D eigenvalue weighted by molar-refractivity contribution is 6.27. The number of ether oxygens (including phenoxy) is 1. The van der Waals surface area contributed by atoms with Crippen LogP contribution in [0.4, 0.5) is 0 Å². The van der Waals surface area contributed by atoms with Crippen molar-refractivity contribution in [3.8, 4) is 5.75 Å². The van der Waals surface area contributed by atoms with Gasteiger partial charge in [0.15, 0.2) is 0 Å². The summed E-state index contributed by atoms with van der Waals surface area (Å²) in [6.45, 7) is 8.92. The standard InChI is InChI=1S/C19H31N3O2.C2H2O4/c1-24-19-5-3-2-4-17(19)16-21-8-6-18(7-9-21)22-12-10-20(11-13-22)14-15-23;3-1(4)2(5)6/h2-5,18,23H,6-16H2,1H3;(H,3,4)(H,5,6). The molecule has 3 rings (SSSR count). The smallest absolute Gasteiger partial charge is 0.414 e. The number of piperidine rings is 1. The molecule has 0 unspecified atom stereocenters. The van der Waals surface area contributed by atoms with Gasteiger partial charge in [0.05, 0.1) is 13.7 Å². The minimum atomic E-state index is -1.82. The minimum Gasteiger partial charge on any atom is -0.496 e. The highest BCUT2D eigenvalue weighted by Gasteiger charge is 2.27. The first kappa shape index (κ1) is 24.1. The maximum atomic E-state index is 9.10. The van der Waals surface area contributed by atoms with Gasteiger partial charge in [0.1, 0.15) is 5.75 Å². The predicted molar refractivity (Wildman–Crippen MR) is 112 cm³/mol. The average Bonchev–Trinajstić information content (AvgIpc) is 2.76. The van der Waals surface area contributed by atoms with Gasteiger partial charge in [-0.2, -0.15) is 0 Å². The van der Waals surface area contributed by atoms with Crippen LogP contribution in [-0.2, 0) is 16.1 Å². The van der Waals surface area contributed by atoms with Crippen molar-refractivity contribution in [3.63, 3.8) is 0 Å². The number of carbonyl (C=O) groups is 2. The molecular weight excluding hydrogens is 390 g/mol. The van der Waals surface area contributed by atoms with Crippen LogP contribution >= 0.6 is 0 Å². The van der Waals surface area contributed by atoms with Crippen molar-refractivity contribution in [2.24, 2.45) is 0 Å². The molecule has 2 fully saturated rings. The maximum Gasteiger partial charge on any atom is 0.414 e. The molecule has 9 heteroatoms. The van der Waals surface area contributed by atoms with E-state index in [1.54, 1.807) is 7.11 Å². The highest BCUT2D eigenvalue weighted by atomic mass is 16.5. The van der Waals surface area contributed by atoms with E-state index in [2.05, 4.69) is 26.8 Å². The Balaban J connectivity index is 0.000000469.